The van der Waals surface area contributed by atoms with Crippen LogP contribution in [0.3, 0.4) is 0 Å². The van der Waals surface area contributed by atoms with E-state index in [9.17, 15) is 14.4 Å². The van der Waals surface area contributed by atoms with E-state index in [0.717, 1.165) is 35.2 Å². The van der Waals surface area contributed by atoms with Crippen LogP contribution in [0.1, 0.15) is 54.2 Å². The van der Waals surface area contributed by atoms with Gasteiger partial charge in [0.1, 0.15) is 11.4 Å². The van der Waals surface area contributed by atoms with Crippen molar-refractivity contribution in [1.29, 1.82) is 0 Å². The van der Waals surface area contributed by atoms with Gasteiger partial charge < -0.3 is 19.9 Å². The summed E-state index contributed by atoms with van der Waals surface area (Å²) in [6.45, 7) is 7.35. The zero-order valence-corrected chi connectivity index (χ0v) is 19.7. The molecule has 3 amide bonds. The first-order valence-electron chi connectivity index (χ1n) is 11.6. The van der Waals surface area contributed by atoms with E-state index < -0.39 is 5.60 Å². The van der Waals surface area contributed by atoms with Gasteiger partial charge in [-0.3, -0.25) is 9.59 Å². The lowest BCUT2D eigenvalue weighted by molar-refractivity contribution is -0.115. The van der Waals surface area contributed by atoms with Crippen LogP contribution in [0.25, 0.3) is 5.57 Å². The monoisotopic (exact) mass is 460 g/mol. The Bertz CT molecular complexity index is 1230. The van der Waals surface area contributed by atoms with Gasteiger partial charge in [-0.25, -0.2) is 9.78 Å². The van der Waals surface area contributed by atoms with Gasteiger partial charge in [0.05, 0.1) is 12.0 Å². The van der Waals surface area contributed by atoms with Gasteiger partial charge in [-0.2, -0.15) is 0 Å². The molecule has 0 radical (unpaired) electrons. The van der Waals surface area contributed by atoms with Crippen molar-refractivity contribution in [2.45, 2.75) is 45.6 Å². The highest BCUT2D eigenvalue weighted by Crippen LogP contribution is 2.34. The summed E-state index contributed by atoms with van der Waals surface area (Å²) in [7, 11) is 0. The highest BCUT2D eigenvalue weighted by Gasteiger charge is 2.29. The van der Waals surface area contributed by atoms with Crippen LogP contribution in [-0.4, -0.2) is 53.0 Å². The molecule has 3 aliphatic rings. The number of carbonyl (C=O) groups is 3. The molecule has 0 saturated heterocycles. The zero-order chi connectivity index (χ0) is 24.0. The number of aromatic nitrogens is 1. The summed E-state index contributed by atoms with van der Waals surface area (Å²) < 4.78 is 5.47. The van der Waals surface area contributed by atoms with Crippen molar-refractivity contribution in [2.24, 2.45) is 0 Å². The zero-order valence-electron chi connectivity index (χ0n) is 19.7. The minimum Gasteiger partial charge on any atom is -0.444 e. The summed E-state index contributed by atoms with van der Waals surface area (Å²) in [6.07, 6.45) is 5.12. The molecular formula is C26H28N4O4. The summed E-state index contributed by atoms with van der Waals surface area (Å²) in [5.74, 6) is 0.336. The van der Waals surface area contributed by atoms with Gasteiger partial charge in [0.15, 0.2) is 0 Å². The predicted molar refractivity (Wildman–Crippen MR) is 129 cm³/mol. The number of rotatable bonds is 2. The van der Waals surface area contributed by atoms with E-state index in [0.29, 0.717) is 31.0 Å². The van der Waals surface area contributed by atoms with Crippen LogP contribution >= 0.6 is 0 Å². The molecule has 1 N–H and O–H groups in total. The highest BCUT2D eigenvalue weighted by molar-refractivity contribution is 6.08. The van der Waals surface area contributed by atoms with Crippen molar-refractivity contribution in [2.75, 3.05) is 29.9 Å². The molecule has 0 spiro atoms. The molecule has 0 fully saturated rings. The summed E-state index contributed by atoms with van der Waals surface area (Å²) in [5.41, 5.74) is 5.12. The number of hydrogen-bond acceptors (Lipinski definition) is 5. The lowest BCUT2D eigenvalue weighted by Crippen LogP contribution is -2.39. The fraction of sp³-hybridized carbons (Fsp3) is 0.385. The van der Waals surface area contributed by atoms with E-state index in [1.807, 2.05) is 32.9 Å². The number of fused-ring (bicyclic) bond motifs is 2. The van der Waals surface area contributed by atoms with Gasteiger partial charge in [0.2, 0.25) is 5.91 Å². The van der Waals surface area contributed by atoms with Gasteiger partial charge >= 0.3 is 6.09 Å². The van der Waals surface area contributed by atoms with E-state index in [1.165, 1.54) is 11.8 Å². The van der Waals surface area contributed by atoms with Gasteiger partial charge in [0, 0.05) is 37.1 Å². The van der Waals surface area contributed by atoms with Crippen LogP contribution in [0.15, 0.2) is 36.5 Å². The first-order valence-corrected chi connectivity index (χ1v) is 11.6. The Kier molecular flexibility index (Phi) is 5.38. The first kappa shape index (κ1) is 22.1. The van der Waals surface area contributed by atoms with Crippen molar-refractivity contribution in [1.82, 2.24) is 9.88 Å². The Labute approximate surface area is 198 Å². The van der Waals surface area contributed by atoms with Crippen LogP contribution in [0.4, 0.5) is 16.3 Å². The number of hydrogen-bond donors (Lipinski definition) is 1. The second kappa shape index (κ2) is 8.27. The van der Waals surface area contributed by atoms with Crippen molar-refractivity contribution in [3.63, 3.8) is 0 Å². The van der Waals surface area contributed by atoms with E-state index in [-0.39, 0.29) is 24.3 Å². The Morgan fingerprint density at radius 2 is 1.91 bits per heavy atom. The lowest BCUT2D eigenvalue weighted by Gasteiger charge is -2.29. The van der Waals surface area contributed by atoms with Crippen molar-refractivity contribution < 1.29 is 19.1 Å². The van der Waals surface area contributed by atoms with E-state index in [2.05, 4.69) is 22.4 Å². The first-order chi connectivity index (χ1) is 16.2. The molecule has 176 valence electrons. The minimum absolute atomic E-state index is 0.0996. The molecule has 0 aliphatic carbocycles. The summed E-state index contributed by atoms with van der Waals surface area (Å²) in [5, 5.41) is 2.70. The van der Waals surface area contributed by atoms with Crippen LogP contribution in [0, 0.1) is 0 Å². The number of nitrogens with zero attached hydrogens (tertiary/aromatic N) is 3. The highest BCUT2D eigenvalue weighted by atomic mass is 16.6. The molecule has 0 unspecified atom stereocenters. The third kappa shape index (κ3) is 4.27. The molecule has 0 bridgehead atoms. The standard InChI is InChI=1S/C26H28N4O4/c1-26(2,3)34-25(33)29-9-6-16(7-10-29)17-4-5-21-18(12-17)8-11-30(21)24(32)20-13-19-14-22(31)28-23(19)27-15-20/h4-6,12-13,15H,7-11,14H2,1-3H3,(H,27,28,31). The summed E-state index contributed by atoms with van der Waals surface area (Å²) in [6, 6.07) is 7.96. The van der Waals surface area contributed by atoms with Crippen LogP contribution < -0.4 is 10.2 Å². The maximum atomic E-state index is 13.2. The number of nitrogens with one attached hydrogen (secondary N) is 1. The number of carbonyl (C=O) groups excluding carboxylic acids is 3. The largest absolute Gasteiger partial charge is 0.444 e. The lowest BCUT2D eigenvalue weighted by atomic mass is 9.97. The molecule has 34 heavy (non-hydrogen) atoms. The van der Waals surface area contributed by atoms with Gasteiger partial charge in [-0.15, -0.1) is 0 Å². The summed E-state index contributed by atoms with van der Waals surface area (Å²) in [4.78, 5) is 44.9. The minimum atomic E-state index is -0.505. The predicted octanol–water partition coefficient (Wildman–Crippen LogP) is 3.80. The quantitative estimate of drug-likeness (QED) is 0.736. The second-order valence-corrected chi connectivity index (χ2v) is 9.91. The van der Waals surface area contributed by atoms with E-state index in [1.54, 1.807) is 15.9 Å². The fourth-order valence-electron chi connectivity index (χ4n) is 4.62. The average Bonchev–Trinajstić information content (AvgIpc) is 3.39. The molecule has 4 heterocycles. The SMILES string of the molecule is CC(C)(C)OC(=O)N1CC=C(c2ccc3c(c2)CCN3C(=O)c2cnc3c(c2)CC(=O)N3)CC1. The maximum Gasteiger partial charge on any atom is 0.410 e. The number of ether oxygens (including phenoxy) is 1. The van der Waals surface area contributed by atoms with Gasteiger partial charge in [0.25, 0.3) is 5.91 Å². The number of amides is 3. The molecular weight excluding hydrogens is 432 g/mol. The summed E-state index contributed by atoms with van der Waals surface area (Å²) >= 11 is 0. The van der Waals surface area contributed by atoms with Crippen LogP contribution in [0.5, 0.6) is 0 Å². The normalized spacial score (nSPS) is 17.1. The van der Waals surface area contributed by atoms with Crippen LogP contribution in [-0.2, 0) is 22.4 Å². The number of benzene rings is 1. The molecule has 1 aromatic carbocycles. The molecule has 0 atom stereocenters. The fourth-order valence-corrected chi connectivity index (χ4v) is 4.62. The van der Waals surface area contributed by atoms with E-state index in [4.69, 9.17) is 4.74 Å². The van der Waals surface area contributed by atoms with Crippen molar-refractivity contribution in [3.05, 3.63) is 58.8 Å². The smallest absolute Gasteiger partial charge is 0.410 e. The Morgan fingerprint density at radius 3 is 2.65 bits per heavy atom. The molecule has 0 saturated carbocycles. The number of anilines is 2. The topological polar surface area (TPSA) is 91.8 Å². The maximum absolute atomic E-state index is 13.2. The van der Waals surface area contributed by atoms with Crippen molar-refractivity contribution in [3.8, 4) is 0 Å². The van der Waals surface area contributed by atoms with Crippen LogP contribution in [0.2, 0.25) is 0 Å². The molecule has 8 nitrogen and oxygen atoms in total. The second-order valence-electron chi connectivity index (χ2n) is 9.91. The molecule has 2 aromatic rings. The molecule has 5 rings (SSSR count). The molecule has 1 aromatic heterocycles. The molecule has 8 heteroatoms. The Morgan fingerprint density at radius 1 is 1.09 bits per heavy atom. The Hall–Kier alpha value is -3.68. The Balaban J connectivity index is 1.29. The third-order valence-electron chi connectivity index (χ3n) is 6.27. The van der Waals surface area contributed by atoms with Gasteiger partial charge in [-0.1, -0.05) is 12.1 Å². The average molecular weight is 461 g/mol. The van der Waals surface area contributed by atoms with E-state index >= 15 is 0 Å². The van der Waals surface area contributed by atoms with Crippen molar-refractivity contribution >= 4 is 35.0 Å². The molecule has 3 aliphatic heterocycles. The third-order valence-corrected chi connectivity index (χ3v) is 6.27. The van der Waals surface area contributed by atoms with Gasteiger partial charge in [-0.05, 0) is 68.5 Å². The number of pyridine rings is 1.